The third kappa shape index (κ3) is 3.44. The number of nitrogens with zero attached hydrogens (tertiary/aromatic N) is 1. The lowest BCUT2D eigenvalue weighted by Crippen LogP contribution is -2.54. The van der Waals surface area contributed by atoms with Gasteiger partial charge in [-0.15, -0.1) is 0 Å². The van der Waals surface area contributed by atoms with Gasteiger partial charge in [-0.25, -0.2) is 4.79 Å². The van der Waals surface area contributed by atoms with E-state index in [1.54, 1.807) is 0 Å². The summed E-state index contributed by atoms with van der Waals surface area (Å²) in [6.45, 7) is 0.425. The summed E-state index contributed by atoms with van der Waals surface area (Å²) in [6, 6.07) is 8.52. The summed E-state index contributed by atoms with van der Waals surface area (Å²) in [5, 5.41) is 5.54. The number of rotatable bonds is 5. The van der Waals surface area contributed by atoms with Crippen molar-refractivity contribution >= 4 is 17.8 Å². The minimum Gasteiger partial charge on any atom is -0.354 e. The van der Waals surface area contributed by atoms with Crippen LogP contribution in [0.1, 0.15) is 30.9 Å². The van der Waals surface area contributed by atoms with Crippen molar-refractivity contribution in [3.05, 3.63) is 35.9 Å². The van der Waals surface area contributed by atoms with Crippen LogP contribution < -0.4 is 10.6 Å². The van der Waals surface area contributed by atoms with Gasteiger partial charge in [0.2, 0.25) is 11.8 Å². The van der Waals surface area contributed by atoms with Crippen LogP contribution in [-0.4, -0.2) is 35.8 Å². The zero-order chi connectivity index (χ0) is 15.5. The summed E-state index contributed by atoms with van der Waals surface area (Å²) in [6.07, 6.45) is 2.45. The average Bonchev–Trinajstić information content (AvgIpc) is 3.34. The highest BCUT2D eigenvalue weighted by molar-refractivity contribution is 6.00. The Morgan fingerprint density at radius 1 is 1.23 bits per heavy atom. The third-order valence-corrected chi connectivity index (χ3v) is 4.01. The first-order valence-corrected chi connectivity index (χ1v) is 7.56. The first kappa shape index (κ1) is 14.6. The Kier molecular flexibility index (Phi) is 4.09. The molecule has 1 atom stereocenters. The number of hydrogen-bond donors (Lipinski definition) is 2. The van der Waals surface area contributed by atoms with E-state index in [-0.39, 0.29) is 30.8 Å². The highest BCUT2D eigenvalue weighted by atomic mass is 16.2. The number of amides is 4. The molecule has 22 heavy (non-hydrogen) atoms. The van der Waals surface area contributed by atoms with Crippen molar-refractivity contribution in [2.75, 3.05) is 13.1 Å². The lowest BCUT2D eigenvalue weighted by molar-refractivity contribution is -0.134. The largest absolute Gasteiger partial charge is 0.354 e. The molecule has 1 aliphatic carbocycles. The van der Waals surface area contributed by atoms with Gasteiger partial charge in [-0.05, 0) is 24.3 Å². The van der Waals surface area contributed by atoms with Crippen LogP contribution in [0, 0.1) is 5.92 Å². The maximum absolute atomic E-state index is 12.2. The normalized spacial score (nSPS) is 21.5. The maximum Gasteiger partial charge on any atom is 0.325 e. The van der Waals surface area contributed by atoms with E-state index < -0.39 is 6.03 Å². The summed E-state index contributed by atoms with van der Waals surface area (Å²) < 4.78 is 0. The van der Waals surface area contributed by atoms with Gasteiger partial charge in [-0.3, -0.25) is 14.5 Å². The third-order valence-electron chi connectivity index (χ3n) is 4.01. The van der Waals surface area contributed by atoms with Gasteiger partial charge in [-0.1, -0.05) is 30.3 Å². The van der Waals surface area contributed by atoms with E-state index in [9.17, 15) is 14.4 Å². The number of carbonyl (C=O) groups excluding carboxylic acids is 3. The maximum atomic E-state index is 12.2. The van der Waals surface area contributed by atoms with E-state index in [4.69, 9.17) is 0 Å². The predicted molar refractivity (Wildman–Crippen MR) is 79.8 cm³/mol. The Balaban J connectivity index is 1.57. The molecule has 2 aliphatic rings. The first-order chi connectivity index (χ1) is 10.6. The molecule has 116 valence electrons. The van der Waals surface area contributed by atoms with Crippen LogP contribution in [0.15, 0.2) is 30.3 Å². The molecule has 6 heteroatoms. The molecule has 6 nitrogen and oxygen atoms in total. The number of nitrogens with one attached hydrogen (secondary N) is 2. The fraction of sp³-hybridized carbons (Fsp3) is 0.438. The smallest absolute Gasteiger partial charge is 0.325 e. The number of carbonyl (C=O) groups is 3. The second-order valence-electron chi connectivity index (χ2n) is 5.84. The molecule has 2 N–H and O–H groups in total. The highest BCUT2D eigenvalue weighted by Crippen LogP contribution is 2.27. The molecule has 1 heterocycles. The predicted octanol–water partition coefficient (Wildman–Crippen LogP) is 1.20. The minimum atomic E-state index is -0.508. The summed E-state index contributed by atoms with van der Waals surface area (Å²) in [5.41, 5.74) is 0.891. The summed E-state index contributed by atoms with van der Waals surface area (Å²) in [4.78, 5) is 37.0. The fourth-order valence-corrected chi connectivity index (χ4v) is 2.50. The summed E-state index contributed by atoms with van der Waals surface area (Å²) in [5.74, 6) is -0.0370. The van der Waals surface area contributed by atoms with Crippen molar-refractivity contribution in [3.63, 3.8) is 0 Å². The number of benzene rings is 1. The highest BCUT2D eigenvalue weighted by Gasteiger charge is 2.34. The van der Waals surface area contributed by atoms with E-state index in [1.165, 1.54) is 0 Å². The van der Waals surface area contributed by atoms with Gasteiger partial charge in [0.15, 0.2) is 0 Å². The van der Waals surface area contributed by atoms with Gasteiger partial charge in [0.25, 0.3) is 0 Å². The van der Waals surface area contributed by atoms with Crippen LogP contribution in [0.3, 0.4) is 0 Å². The van der Waals surface area contributed by atoms with Crippen LogP contribution >= 0.6 is 0 Å². The molecule has 0 radical (unpaired) electrons. The molecule has 1 aromatic rings. The molecule has 1 aliphatic heterocycles. The molecular formula is C16H19N3O3. The van der Waals surface area contributed by atoms with Crippen molar-refractivity contribution in [1.29, 1.82) is 0 Å². The fourth-order valence-electron chi connectivity index (χ4n) is 2.50. The van der Waals surface area contributed by atoms with Gasteiger partial charge in [0.1, 0.15) is 6.54 Å². The van der Waals surface area contributed by atoms with E-state index in [2.05, 4.69) is 10.6 Å². The van der Waals surface area contributed by atoms with Crippen molar-refractivity contribution in [2.45, 2.75) is 25.3 Å². The van der Waals surface area contributed by atoms with Gasteiger partial charge < -0.3 is 10.6 Å². The molecule has 3 rings (SSSR count). The average molecular weight is 301 g/mol. The van der Waals surface area contributed by atoms with Crippen LogP contribution in [0.25, 0.3) is 0 Å². The molecule has 4 amide bonds. The van der Waals surface area contributed by atoms with Gasteiger partial charge in [-0.2, -0.15) is 0 Å². The zero-order valence-corrected chi connectivity index (χ0v) is 12.2. The molecular weight excluding hydrogens is 282 g/mol. The topological polar surface area (TPSA) is 78.5 Å². The van der Waals surface area contributed by atoms with Crippen LogP contribution in [0.2, 0.25) is 0 Å². The van der Waals surface area contributed by atoms with Crippen molar-refractivity contribution in [1.82, 2.24) is 15.5 Å². The molecule has 1 saturated carbocycles. The molecule has 2 fully saturated rings. The molecule has 1 unspecified atom stereocenters. The lowest BCUT2D eigenvalue weighted by atomic mass is 10.0. The molecule has 1 saturated heterocycles. The Bertz CT molecular complexity index is 566. The lowest BCUT2D eigenvalue weighted by Gasteiger charge is -2.31. The number of imide groups is 1. The second kappa shape index (κ2) is 6.17. The Morgan fingerprint density at radius 3 is 2.59 bits per heavy atom. The van der Waals surface area contributed by atoms with Crippen LogP contribution in [0.5, 0.6) is 0 Å². The summed E-state index contributed by atoms with van der Waals surface area (Å²) in [7, 11) is 0. The zero-order valence-electron chi connectivity index (χ0n) is 12.2. The van der Waals surface area contributed by atoms with Crippen LogP contribution in [0.4, 0.5) is 4.79 Å². The van der Waals surface area contributed by atoms with Crippen molar-refractivity contribution < 1.29 is 14.4 Å². The SMILES string of the molecule is O=C(CN1C(=O)CC(c2ccccc2)NC1=O)NCC1CC1. The standard InChI is InChI=1S/C16H19N3O3/c20-14(17-9-11-6-7-11)10-19-15(21)8-13(18-16(19)22)12-4-2-1-3-5-12/h1-5,11,13H,6-10H2,(H,17,20)(H,18,22). The number of urea groups is 1. The van der Waals surface area contributed by atoms with Crippen LogP contribution in [-0.2, 0) is 9.59 Å². The van der Waals surface area contributed by atoms with Crippen molar-refractivity contribution in [3.8, 4) is 0 Å². The van der Waals surface area contributed by atoms with E-state index in [0.717, 1.165) is 23.3 Å². The Hall–Kier alpha value is -2.37. The van der Waals surface area contributed by atoms with Gasteiger partial charge in [0.05, 0.1) is 12.5 Å². The quantitative estimate of drug-likeness (QED) is 0.857. The monoisotopic (exact) mass is 301 g/mol. The first-order valence-electron chi connectivity index (χ1n) is 7.56. The van der Waals surface area contributed by atoms with Gasteiger partial charge in [0, 0.05) is 6.54 Å². The van der Waals surface area contributed by atoms with E-state index in [1.807, 2.05) is 30.3 Å². The molecule has 1 aromatic carbocycles. The molecule has 0 spiro atoms. The molecule has 0 aromatic heterocycles. The Labute approximate surface area is 128 Å². The Morgan fingerprint density at radius 2 is 1.95 bits per heavy atom. The summed E-state index contributed by atoms with van der Waals surface area (Å²) >= 11 is 0. The second-order valence-corrected chi connectivity index (χ2v) is 5.84. The molecule has 0 bridgehead atoms. The van der Waals surface area contributed by atoms with Gasteiger partial charge >= 0.3 is 6.03 Å². The van der Waals surface area contributed by atoms with E-state index in [0.29, 0.717) is 12.5 Å². The minimum absolute atomic E-state index is 0.172. The van der Waals surface area contributed by atoms with Crippen molar-refractivity contribution in [2.24, 2.45) is 5.92 Å². The van der Waals surface area contributed by atoms with E-state index >= 15 is 0 Å². The number of hydrogen-bond acceptors (Lipinski definition) is 3.